The first-order chi connectivity index (χ1) is 8.12. The molecule has 0 spiro atoms. The zero-order valence-electron chi connectivity index (χ0n) is 9.25. The molecular formula is C10H10F3N3O2. The summed E-state index contributed by atoms with van der Waals surface area (Å²) in [5.41, 5.74) is 8.43. The van der Waals surface area contributed by atoms with E-state index in [0.717, 1.165) is 6.07 Å². The standard InChI is InChI=1S/C10H10F3N3O2/c1-4-2-7(17)6(10(11,12)13)3-5(4)8(18)16-9(14)15/h2-3,17H,1H3,(H4,14,15,16,18). The van der Waals surface area contributed by atoms with Crippen molar-refractivity contribution in [2.45, 2.75) is 13.1 Å². The van der Waals surface area contributed by atoms with Gasteiger partial charge in [-0.15, -0.1) is 0 Å². The molecule has 98 valence electrons. The second-order valence-electron chi connectivity index (χ2n) is 3.52. The topological polar surface area (TPSA) is 102 Å². The van der Waals surface area contributed by atoms with Gasteiger partial charge >= 0.3 is 6.18 Å². The number of rotatable bonds is 1. The Bertz CT molecular complexity index is 520. The van der Waals surface area contributed by atoms with Gasteiger partial charge in [-0.1, -0.05) is 0 Å². The third kappa shape index (κ3) is 2.90. The van der Waals surface area contributed by atoms with Gasteiger partial charge in [0.15, 0.2) is 5.96 Å². The van der Waals surface area contributed by atoms with Gasteiger partial charge in [0.25, 0.3) is 5.91 Å². The zero-order chi connectivity index (χ0) is 14.1. The molecule has 18 heavy (non-hydrogen) atoms. The van der Waals surface area contributed by atoms with Crippen molar-refractivity contribution in [2.75, 3.05) is 0 Å². The molecule has 0 unspecified atom stereocenters. The molecule has 0 radical (unpaired) electrons. The molecule has 0 atom stereocenters. The van der Waals surface area contributed by atoms with E-state index >= 15 is 0 Å². The Kier molecular flexibility index (Phi) is 3.49. The number of alkyl halides is 3. The quantitative estimate of drug-likeness (QED) is 0.521. The normalized spacial score (nSPS) is 11.1. The Balaban J connectivity index is 3.39. The van der Waals surface area contributed by atoms with E-state index in [1.807, 2.05) is 0 Å². The van der Waals surface area contributed by atoms with E-state index in [2.05, 4.69) is 4.99 Å². The van der Waals surface area contributed by atoms with Crippen molar-refractivity contribution in [3.05, 3.63) is 28.8 Å². The van der Waals surface area contributed by atoms with Crippen molar-refractivity contribution in [1.29, 1.82) is 0 Å². The molecule has 0 bridgehead atoms. The zero-order valence-corrected chi connectivity index (χ0v) is 9.25. The lowest BCUT2D eigenvalue weighted by atomic mass is 10.0. The summed E-state index contributed by atoms with van der Waals surface area (Å²) < 4.78 is 37.6. The van der Waals surface area contributed by atoms with Gasteiger partial charge in [-0.2, -0.15) is 18.2 Å². The first kappa shape index (κ1) is 13.8. The van der Waals surface area contributed by atoms with Gasteiger partial charge in [0.2, 0.25) is 0 Å². The lowest BCUT2D eigenvalue weighted by Crippen LogP contribution is -2.24. The maximum atomic E-state index is 12.5. The SMILES string of the molecule is Cc1cc(O)c(C(F)(F)F)cc1C(=O)N=C(N)N. The van der Waals surface area contributed by atoms with Crippen LogP contribution in [0.2, 0.25) is 0 Å². The lowest BCUT2D eigenvalue weighted by molar-refractivity contribution is -0.138. The van der Waals surface area contributed by atoms with Crippen molar-refractivity contribution < 1.29 is 23.1 Å². The first-order valence-electron chi connectivity index (χ1n) is 4.67. The molecular weight excluding hydrogens is 251 g/mol. The van der Waals surface area contributed by atoms with Crippen LogP contribution in [0.15, 0.2) is 17.1 Å². The number of aliphatic imine (C=N–C) groups is 1. The van der Waals surface area contributed by atoms with Crippen molar-refractivity contribution in [3.8, 4) is 5.75 Å². The third-order valence-corrected chi connectivity index (χ3v) is 2.11. The van der Waals surface area contributed by atoms with Gasteiger partial charge < -0.3 is 16.6 Å². The number of carbonyl (C=O) groups is 1. The highest BCUT2D eigenvalue weighted by Crippen LogP contribution is 2.37. The number of phenolic OH excluding ortho intramolecular Hbond substituents is 1. The maximum Gasteiger partial charge on any atom is 0.419 e. The van der Waals surface area contributed by atoms with Crippen LogP contribution in [0.1, 0.15) is 21.5 Å². The molecule has 0 aliphatic heterocycles. The summed E-state index contributed by atoms with van der Waals surface area (Å²) in [6, 6.07) is 1.34. The molecule has 1 rings (SSSR count). The van der Waals surface area contributed by atoms with Crippen LogP contribution in [0.3, 0.4) is 0 Å². The molecule has 0 aliphatic carbocycles. The van der Waals surface area contributed by atoms with Crippen LogP contribution in [0.5, 0.6) is 5.75 Å². The van der Waals surface area contributed by atoms with Crippen molar-refractivity contribution in [1.82, 2.24) is 0 Å². The minimum Gasteiger partial charge on any atom is -0.507 e. The molecule has 8 heteroatoms. The van der Waals surface area contributed by atoms with Gasteiger partial charge in [0.05, 0.1) is 5.56 Å². The van der Waals surface area contributed by atoms with E-state index in [1.54, 1.807) is 0 Å². The van der Waals surface area contributed by atoms with Gasteiger partial charge in [-0.05, 0) is 24.6 Å². The Hall–Kier alpha value is -2.25. The molecule has 0 aromatic heterocycles. The van der Waals surface area contributed by atoms with Gasteiger partial charge in [-0.25, -0.2) is 0 Å². The van der Waals surface area contributed by atoms with Crippen LogP contribution < -0.4 is 11.5 Å². The molecule has 0 saturated carbocycles. The van der Waals surface area contributed by atoms with Gasteiger partial charge in [0, 0.05) is 5.56 Å². The van der Waals surface area contributed by atoms with Crippen LogP contribution in [0, 0.1) is 6.92 Å². The highest BCUT2D eigenvalue weighted by atomic mass is 19.4. The number of amides is 1. The highest BCUT2D eigenvalue weighted by molar-refractivity contribution is 6.03. The Morgan fingerprint density at radius 1 is 1.33 bits per heavy atom. The lowest BCUT2D eigenvalue weighted by Gasteiger charge is -2.11. The molecule has 1 aromatic carbocycles. The maximum absolute atomic E-state index is 12.5. The number of aryl methyl sites for hydroxylation is 1. The number of carbonyl (C=O) groups excluding carboxylic acids is 1. The summed E-state index contributed by atoms with van der Waals surface area (Å²) in [6.07, 6.45) is -4.77. The average molecular weight is 261 g/mol. The number of halogens is 3. The number of phenols is 1. The second kappa shape index (κ2) is 4.55. The van der Waals surface area contributed by atoms with E-state index in [4.69, 9.17) is 11.5 Å². The number of hydrogen-bond donors (Lipinski definition) is 3. The van der Waals surface area contributed by atoms with Gasteiger partial charge in [-0.3, -0.25) is 4.79 Å². The van der Waals surface area contributed by atoms with Crippen molar-refractivity contribution >= 4 is 11.9 Å². The fourth-order valence-electron chi connectivity index (χ4n) is 1.33. The number of guanidine groups is 1. The van der Waals surface area contributed by atoms with Crippen molar-refractivity contribution in [3.63, 3.8) is 0 Å². The molecule has 1 amide bonds. The molecule has 0 heterocycles. The Morgan fingerprint density at radius 2 is 1.89 bits per heavy atom. The predicted octanol–water partition coefficient (Wildman–Crippen LogP) is 1.13. The van der Waals surface area contributed by atoms with Gasteiger partial charge in [0.1, 0.15) is 5.75 Å². The fourth-order valence-corrected chi connectivity index (χ4v) is 1.33. The third-order valence-electron chi connectivity index (χ3n) is 2.11. The minimum absolute atomic E-state index is 0.135. The van der Waals surface area contributed by atoms with Crippen molar-refractivity contribution in [2.24, 2.45) is 16.5 Å². The summed E-state index contributed by atoms with van der Waals surface area (Å²) in [6.45, 7) is 1.36. The Labute approximate surface area is 99.9 Å². The number of nitrogens with two attached hydrogens (primary N) is 2. The summed E-state index contributed by atoms with van der Waals surface area (Å²) in [5, 5.41) is 9.20. The number of hydrogen-bond acceptors (Lipinski definition) is 2. The van der Waals surface area contributed by atoms with E-state index in [1.165, 1.54) is 6.92 Å². The van der Waals surface area contributed by atoms with E-state index in [9.17, 15) is 23.1 Å². The first-order valence-corrected chi connectivity index (χ1v) is 4.67. The predicted molar refractivity (Wildman–Crippen MR) is 58.0 cm³/mol. The monoisotopic (exact) mass is 261 g/mol. The van der Waals surface area contributed by atoms with E-state index < -0.39 is 29.4 Å². The smallest absolute Gasteiger partial charge is 0.419 e. The number of nitrogens with zero attached hydrogens (tertiary/aromatic N) is 1. The summed E-state index contributed by atoms with van der Waals surface area (Å²) >= 11 is 0. The van der Waals surface area contributed by atoms with Crippen LogP contribution in [-0.2, 0) is 6.18 Å². The molecule has 0 aliphatic rings. The average Bonchev–Trinajstić information content (AvgIpc) is 2.13. The van der Waals surface area contributed by atoms with Crippen LogP contribution in [0.4, 0.5) is 13.2 Å². The molecule has 5 N–H and O–H groups in total. The highest BCUT2D eigenvalue weighted by Gasteiger charge is 2.35. The number of aromatic hydroxyl groups is 1. The summed E-state index contributed by atoms with van der Waals surface area (Å²) in [4.78, 5) is 14.6. The molecule has 5 nitrogen and oxygen atoms in total. The molecule has 0 fully saturated rings. The molecule has 1 aromatic rings. The van der Waals surface area contributed by atoms with Crippen LogP contribution in [0.25, 0.3) is 0 Å². The Morgan fingerprint density at radius 3 is 2.33 bits per heavy atom. The van der Waals surface area contributed by atoms with Crippen LogP contribution >= 0.6 is 0 Å². The number of benzene rings is 1. The van der Waals surface area contributed by atoms with Crippen LogP contribution in [-0.4, -0.2) is 17.0 Å². The summed E-state index contributed by atoms with van der Waals surface area (Å²) in [7, 11) is 0. The minimum atomic E-state index is -4.77. The second-order valence-corrected chi connectivity index (χ2v) is 3.52. The fraction of sp³-hybridized carbons (Fsp3) is 0.200. The van der Waals surface area contributed by atoms with E-state index in [-0.39, 0.29) is 11.1 Å². The van der Waals surface area contributed by atoms with E-state index in [0.29, 0.717) is 6.07 Å². The summed E-state index contributed by atoms with van der Waals surface area (Å²) in [5.74, 6) is -2.51. The largest absolute Gasteiger partial charge is 0.507 e. The molecule has 0 saturated heterocycles.